The first-order chi connectivity index (χ1) is 8.54. The third kappa shape index (κ3) is 3.11. The Morgan fingerprint density at radius 3 is 2.67 bits per heavy atom. The van der Waals surface area contributed by atoms with Gasteiger partial charge < -0.3 is 10.1 Å². The highest BCUT2D eigenvalue weighted by Gasteiger charge is 2.10. The van der Waals surface area contributed by atoms with Gasteiger partial charge in [-0.3, -0.25) is 4.79 Å². The Bertz CT molecular complexity index is 561. The number of benzene rings is 1. The van der Waals surface area contributed by atoms with E-state index in [1.807, 2.05) is 31.2 Å². The highest BCUT2D eigenvalue weighted by molar-refractivity contribution is 6.30. The van der Waals surface area contributed by atoms with Crippen molar-refractivity contribution in [1.82, 2.24) is 9.97 Å². The number of nitrogens with one attached hydrogen (secondary N) is 1. The van der Waals surface area contributed by atoms with Crippen LogP contribution in [0.25, 0.3) is 0 Å². The summed E-state index contributed by atoms with van der Waals surface area (Å²) in [7, 11) is 0. The van der Waals surface area contributed by atoms with Gasteiger partial charge in [-0.1, -0.05) is 23.7 Å². The number of rotatable bonds is 4. The SMILES string of the molecule is Cc1[nH]c(Cc2ccc(Cl)cc2)nc1CC(=O)O. The molecule has 0 spiro atoms. The fourth-order valence-corrected chi connectivity index (χ4v) is 1.88. The number of carboxylic acids is 1. The molecule has 2 N–H and O–H groups in total. The number of halogens is 1. The van der Waals surface area contributed by atoms with Crippen LogP contribution in [0.1, 0.15) is 22.8 Å². The number of hydrogen-bond donors (Lipinski definition) is 2. The lowest BCUT2D eigenvalue weighted by atomic mass is 10.1. The van der Waals surface area contributed by atoms with Crippen LogP contribution in [0.5, 0.6) is 0 Å². The van der Waals surface area contributed by atoms with Gasteiger partial charge in [0.1, 0.15) is 5.82 Å². The number of carboxylic acid groups (broad SMARTS) is 1. The van der Waals surface area contributed by atoms with Crippen LogP contribution in [0.2, 0.25) is 5.02 Å². The third-order valence-corrected chi connectivity index (χ3v) is 2.89. The molecule has 0 fully saturated rings. The molecule has 4 nitrogen and oxygen atoms in total. The molecule has 18 heavy (non-hydrogen) atoms. The lowest BCUT2D eigenvalue weighted by Crippen LogP contribution is -2.01. The smallest absolute Gasteiger partial charge is 0.309 e. The fraction of sp³-hybridized carbons (Fsp3) is 0.231. The molecule has 1 aromatic carbocycles. The molecule has 5 heteroatoms. The van der Waals surface area contributed by atoms with Crippen molar-refractivity contribution in [3.05, 3.63) is 52.1 Å². The van der Waals surface area contributed by atoms with E-state index in [9.17, 15) is 4.79 Å². The topological polar surface area (TPSA) is 66.0 Å². The van der Waals surface area contributed by atoms with Crippen molar-refractivity contribution in [2.45, 2.75) is 19.8 Å². The van der Waals surface area contributed by atoms with E-state index < -0.39 is 5.97 Å². The van der Waals surface area contributed by atoms with Crippen LogP contribution in [0.15, 0.2) is 24.3 Å². The first-order valence-electron chi connectivity index (χ1n) is 5.55. The Kier molecular flexibility index (Phi) is 3.67. The van der Waals surface area contributed by atoms with Crippen LogP contribution >= 0.6 is 11.6 Å². The van der Waals surface area contributed by atoms with Gasteiger partial charge in [0.15, 0.2) is 0 Å². The van der Waals surface area contributed by atoms with E-state index >= 15 is 0 Å². The van der Waals surface area contributed by atoms with Crippen molar-refractivity contribution >= 4 is 17.6 Å². The molecule has 0 aliphatic carbocycles. The summed E-state index contributed by atoms with van der Waals surface area (Å²) in [5, 5.41) is 9.45. The molecular weight excluding hydrogens is 252 g/mol. The van der Waals surface area contributed by atoms with Gasteiger partial charge in [-0.2, -0.15) is 0 Å². The van der Waals surface area contributed by atoms with Gasteiger partial charge in [-0.15, -0.1) is 0 Å². The van der Waals surface area contributed by atoms with Crippen LogP contribution in [-0.2, 0) is 17.6 Å². The summed E-state index contributed by atoms with van der Waals surface area (Å²) in [5.74, 6) is -0.103. The molecule has 1 heterocycles. The van der Waals surface area contributed by atoms with Gasteiger partial charge in [-0.25, -0.2) is 4.98 Å². The van der Waals surface area contributed by atoms with Crippen molar-refractivity contribution in [3.63, 3.8) is 0 Å². The van der Waals surface area contributed by atoms with Crippen molar-refractivity contribution in [3.8, 4) is 0 Å². The van der Waals surface area contributed by atoms with Gasteiger partial charge in [-0.05, 0) is 24.6 Å². The Balaban J connectivity index is 2.14. The maximum atomic E-state index is 10.7. The van der Waals surface area contributed by atoms with Crippen molar-refractivity contribution in [2.24, 2.45) is 0 Å². The second-order valence-electron chi connectivity index (χ2n) is 4.13. The number of carbonyl (C=O) groups is 1. The minimum Gasteiger partial charge on any atom is -0.481 e. The zero-order valence-electron chi connectivity index (χ0n) is 9.90. The Morgan fingerprint density at radius 1 is 1.39 bits per heavy atom. The number of aromatic amines is 1. The van der Waals surface area contributed by atoms with Crippen LogP contribution in [0, 0.1) is 6.92 Å². The van der Waals surface area contributed by atoms with Gasteiger partial charge in [0, 0.05) is 17.1 Å². The van der Waals surface area contributed by atoms with E-state index in [4.69, 9.17) is 16.7 Å². The summed E-state index contributed by atoms with van der Waals surface area (Å²) >= 11 is 5.81. The lowest BCUT2D eigenvalue weighted by molar-refractivity contribution is -0.136. The third-order valence-electron chi connectivity index (χ3n) is 2.64. The zero-order valence-corrected chi connectivity index (χ0v) is 10.7. The molecule has 0 bridgehead atoms. The summed E-state index contributed by atoms with van der Waals surface area (Å²) in [6, 6.07) is 7.50. The van der Waals surface area contributed by atoms with Crippen LogP contribution in [0.3, 0.4) is 0 Å². The number of aliphatic carboxylic acids is 1. The minimum absolute atomic E-state index is 0.0526. The second-order valence-corrected chi connectivity index (χ2v) is 4.57. The molecule has 0 amide bonds. The predicted molar refractivity (Wildman–Crippen MR) is 68.9 cm³/mol. The molecule has 1 aromatic heterocycles. The molecule has 0 unspecified atom stereocenters. The van der Waals surface area contributed by atoms with Crippen LogP contribution in [0.4, 0.5) is 0 Å². The molecule has 0 saturated heterocycles. The van der Waals surface area contributed by atoms with E-state index in [0.717, 1.165) is 17.1 Å². The average molecular weight is 265 g/mol. The summed E-state index contributed by atoms with van der Waals surface area (Å²) in [6.07, 6.45) is 0.584. The second kappa shape index (κ2) is 5.23. The number of aromatic nitrogens is 2. The molecule has 0 aliphatic heterocycles. The van der Waals surface area contributed by atoms with Crippen molar-refractivity contribution in [2.75, 3.05) is 0 Å². The number of H-pyrrole nitrogens is 1. The van der Waals surface area contributed by atoms with E-state index in [-0.39, 0.29) is 6.42 Å². The predicted octanol–water partition coefficient (Wildman–Crippen LogP) is 2.59. The molecule has 0 atom stereocenters. The van der Waals surface area contributed by atoms with Crippen LogP contribution in [-0.4, -0.2) is 21.0 Å². The number of aryl methyl sites for hydroxylation is 1. The summed E-state index contributed by atoms with van der Waals surface area (Å²) in [6.45, 7) is 1.83. The summed E-state index contributed by atoms with van der Waals surface area (Å²) in [5.41, 5.74) is 2.47. The molecule has 0 aliphatic rings. The number of imidazole rings is 1. The molecule has 2 rings (SSSR count). The van der Waals surface area contributed by atoms with Crippen molar-refractivity contribution in [1.29, 1.82) is 0 Å². The maximum absolute atomic E-state index is 10.7. The Labute approximate surface area is 110 Å². The Hall–Kier alpha value is -1.81. The number of nitrogens with zero attached hydrogens (tertiary/aromatic N) is 1. The van der Waals surface area contributed by atoms with Crippen LogP contribution < -0.4 is 0 Å². The largest absolute Gasteiger partial charge is 0.481 e. The van der Waals surface area contributed by atoms with Crippen molar-refractivity contribution < 1.29 is 9.90 Å². The van der Waals surface area contributed by atoms with Gasteiger partial charge >= 0.3 is 5.97 Å². The monoisotopic (exact) mass is 264 g/mol. The van der Waals surface area contributed by atoms with E-state index in [1.54, 1.807) is 0 Å². The average Bonchev–Trinajstić information content (AvgIpc) is 2.62. The van der Waals surface area contributed by atoms with Gasteiger partial charge in [0.05, 0.1) is 12.1 Å². The van der Waals surface area contributed by atoms with E-state index in [0.29, 0.717) is 17.1 Å². The quantitative estimate of drug-likeness (QED) is 0.892. The molecule has 0 radical (unpaired) electrons. The van der Waals surface area contributed by atoms with E-state index in [1.165, 1.54) is 0 Å². The fourth-order valence-electron chi connectivity index (χ4n) is 1.76. The van der Waals surface area contributed by atoms with Gasteiger partial charge in [0.25, 0.3) is 0 Å². The first-order valence-corrected chi connectivity index (χ1v) is 5.93. The highest BCUT2D eigenvalue weighted by atomic mass is 35.5. The van der Waals surface area contributed by atoms with E-state index in [2.05, 4.69) is 9.97 Å². The molecule has 2 aromatic rings. The molecule has 0 saturated carbocycles. The maximum Gasteiger partial charge on any atom is 0.309 e. The zero-order chi connectivity index (χ0) is 13.1. The minimum atomic E-state index is -0.873. The lowest BCUT2D eigenvalue weighted by Gasteiger charge is -1.98. The Morgan fingerprint density at radius 2 is 2.06 bits per heavy atom. The normalized spacial score (nSPS) is 10.6. The van der Waals surface area contributed by atoms with Gasteiger partial charge in [0.2, 0.25) is 0 Å². The highest BCUT2D eigenvalue weighted by Crippen LogP contribution is 2.14. The first kappa shape index (κ1) is 12.6. The summed E-state index contributed by atoms with van der Waals surface area (Å²) < 4.78 is 0. The number of hydrogen-bond acceptors (Lipinski definition) is 2. The molecule has 94 valence electrons. The molecular formula is C13H13ClN2O2. The summed E-state index contributed by atoms with van der Waals surface area (Å²) in [4.78, 5) is 18.1. The standard InChI is InChI=1S/C13H13ClN2O2/c1-8-11(7-13(17)18)16-12(15-8)6-9-2-4-10(14)5-3-9/h2-5H,6-7H2,1H3,(H,15,16)(H,17,18).